The molecule has 5 nitrogen and oxygen atoms in total. The van der Waals surface area contributed by atoms with E-state index in [1.54, 1.807) is 0 Å². The van der Waals surface area contributed by atoms with Gasteiger partial charge < -0.3 is 9.47 Å². The van der Waals surface area contributed by atoms with E-state index in [9.17, 15) is 9.59 Å². The monoisotopic (exact) mass is 267 g/mol. The minimum atomic E-state index is -0.444. The Labute approximate surface area is 113 Å². The van der Waals surface area contributed by atoms with Crippen molar-refractivity contribution in [2.24, 2.45) is 17.8 Å². The van der Waals surface area contributed by atoms with E-state index in [0.717, 1.165) is 19.4 Å². The van der Waals surface area contributed by atoms with E-state index in [4.69, 9.17) is 9.47 Å². The van der Waals surface area contributed by atoms with Gasteiger partial charge in [-0.2, -0.15) is 0 Å². The molecule has 0 amide bonds. The van der Waals surface area contributed by atoms with E-state index >= 15 is 0 Å². The van der Waals surface area contributed by atoms with Gasteiger partial charge in [-0.15, -0.1) is 6.58 Å². The lowest BCUT2D eigenvalue weighted by Crippen LogP contribution is -2.45. The first kappa shape index (κ1) is 14.1. The summed E-state index contributed by atoms with van der Waals surface area (Å²) in [4.78, 5) is 26.2. The number of rotatable bonds is 3. The number of hydrogen-bond donors (Lipinski definition) is 0. The topological polar surface area (TPSA) is 55.8 Å². The largest absolute Gasteiger partial charge is 0.469 e. The number of hydrogen-bond acceptors (Lipinski definition) is 5. The molecule has 2 fully saturated rings. The smallest absolute Gasteiger partial charge is 0.311 e. The summed E-state index contributed by atoms with van der Waals surface area (Å²) >= 11 is 0. The normalized spacial score (nSPS) is 34.4. The zero-order valence-corrected chi connectivity index (χ0v) is 11.5. The molecule has 2 aliphatic rings. The van der Waals surface area contributed by atoms with Crippen LogP contribution in [0, 0.1) is 17.8 Å². The van der Waals surface area contributed by atoms with Crippen molar-refractivity contribution in [3.8, 4) is 0 Å². The highest BCUT2D eigenvalue weighted by Gasteiger charge is 2.53. The van der Waals surface area contributed by atoms with Gasteiger partial charge in [0, 0.05) is 12.6 Å². The van der Waals surface area contributed by atoms with Gasteiger partial charge in [0.25, 0.3) is 0 Å². The van der Waals surface area contributed by atoms with Crippen LogP contribution in [-0.4, -0.2) is 50.2 Å². The predicted molar refractivity (Wildman–Crippen MR) is 69.3 cm³/mol. The van der Waals surface area contributed by atoms with E-state index in [-0.39, 0.29) is 23.9 Å². The van der Waals surface area contributed by atoms with Gasteiger partial charge in [0.2, 0.25) is 0 Å². The number of esters is 2. The van der Waals surface area contributed by atoms with Gasteiger partial charge in [0.1, 0.15) is 0 Å². The molecule has 2 aliphatic heterocycles. The molecule has 0 bridgehead atoms. The maximum absolute atomic E-state index is 12.1. The average molecular weight is 267 g/mol. The van der Waals surface area contributed by atoms with E-state index in [2.05, 4.69) is 11.5 Å². The molecule has 2 saturated heterocycles. The molecule has 5 heteroatoms. The number of carbonyl (C=O) groups excluding carboxylic acids is 2. The number of fused-ring (bicyclic) bond motifs is 1. The lowest BCUT2D eigenvalue weighted by Gasteiger charge is -2.37. The van der Waals surface area contributed by atoms with Crippen molar-refractivity contribution in [3.63, 3.8) is 0 Å². The minimum Gasteiger partial charge on any atom is -0.469 e. The maximum Gasteiger partial charge on any atom is 0.311 e. The SMILES string of the molecule is C=C[C@H]1CCCN2C[C@@H](C(=O)OC)[C@@H](C(=O)OC)[C@H]12. The highest BCUT2D eigenvalue weighted by Crippen LogP contribution is 2.40. The molecule has 0 saturated carbocycles. The Kier molecular flexibility index (Phi) is 4.24. The van der Waals surface area contributed by atoms with Crippen molar-refractivity contribution < 1.29 is 19.1 Å². The Morgan fingerprint density at radius 2 is 1.95 bits per heavy atom. The molecule has 0 aromatic rings. The molecular weight excluding hydrogens is 246 g/mol. The van der Waals surface area contributed by atoms with Gasteiger partial charge in [-0.25, -0.2) is 0 Å². The summed E-state index contributed by atoms with van der Waals surface area (Å²) in [7, 11) is 2.73. The van der Waals surface area contributed by atoms with Crippen LogP contribution in [0.15, 0.2) is 12.7 Å². The van der Waals surface area contributed by atoms with Crippen molar-refractivity contribution in [1.82, 2.24) is 4.90 Å². The third kappa shape index (κ3) is 2.39. The second kappa shape index (κ2) is 5.74. The van der Waals surface area contributed by atoms with Crippen LogP contribution in [0.25, 0.3) is 0 Å². The van der Waals surface area contributed by atoms with E-state index in [1.807, 2.05) is 6.08 Å². The van der Waals surface area contributed by atoms with Crippen LogP contribution in [0.3, 0.4) is 0 Å². The Bertz CT molecular complexity index is 382. The van der Waals surface area contributed by atoms with Crippen LogP contribution in [0.4, 0.5) is 0 Å². The first-order valence-electron chi connectivity index (χ1n) is 6.66. The molecule has 0 N–H and O–H groups in total. The Morgan fingerprint density at radius 1 is 1.26 bits per heavy atom. The number of ether oxygens (including phenoxy) is 2. The molecule has 19 heavy (non-hydrogen) atoms. The molecule has 0 spiro atoms. The summed E-state index contributed by atoms with van der Waals surface area (Å²) in [5, 5.41) is 0. The van der Waals surface area contributed by atoms with Crippen LogP contribution < -0.4 is 0 Å². The number of nitrogens with zero attached hydrogens (tertiary/aromatic N) is 1. The Balaban J connectivity index is 2.30. The summed E-state index contributed by atoms with van der Waals surface area (Å²) in [6, 6.07) is 0.0165. The van der Waals surface area contributed by atoms with Crippen molar-refractivity contribution in [2.75, 3.05) is 27.3 Å². The molecule has 2 heterocycles. The van der Waals surface area contributed by atoms with Gasteiger partial charge >= 0.3 is 11.9 Å². The summed E-state index contributed by atoms with van der Waals surface area (Å²) in [6.45, 7) is 5.34. The Hall–Kier alpha value is -1.36. The lowest BCUT2D eigenvalue weighted by molar-refractivity contribution is -0.156. The highest BCUT2D eigenvalue weighted by atomic mass is 16.5. The maximum atomic E-state index is 12.1. The lowest BCUT2D eigenvalue weighted by atomic mass is 9.80. The average Bonchev–Trinajstić information content (AvgIpc) is 2.84. The quantitative estimate of drug-likeness (QED) is 0.560. The predicted octanol–water partition coefficient (Wildman–Crippen LogP) is 0.845. The fourth-order valence-electron chi connectivity index (χ4n) is 3.50. The molecule has 0 aromatic carbocycles. The number of piperidine rings is 1. The minimum absolute atomic E-state index is 0.0165. The summed E-state index contributed by atoms with van der Waals surface area (Å²) in [5.41, 5.74) is 0. The second-order valence-corrected chi connectivity index (χ2v) is 5.21. The zero-order chi connectivity index (χ0) is 14.0. The fraction of sp³-hybridized carbons (Fsp3) is 0.714. The van der Waals surface area contributed by atoms with Crippen LogP contribution in [-0.2, 0) is 19.1 Å². The van der Waals surface area contributed by atoms with E-state index < -0.39 is 11.8 Å². The highest BCUT2D eigenvalue weighted by molar-refractivity contribution is 5.83. The van der Waals surface area contributed by atoms with Crippen LogP contribution in [0.5, 0.6) is 0 Å². The van der Waals surface area contributed by atoms with Gasteiger partial charge in [-0.3, -0.25) is 14.5 Å². The summed E-state index contributed by atoms with van der Waals surface area (Å²) in [5.74, 6) is -1.29. The number of methoxy groups -OCH3 is 2. The second-order valence-electron chi connectivity index (χ2n) is 5.21. The molecule has 0 aliphatic carbocycles. The standard InChI is InChI=1S/C14H21NO4/c1-4-9-6-5-7-15-8-10(13(16)18-2)11(12(9)15)14(17)19-3/h4,9-12H,1,5-8H2,2-3H3/t9-,10+,11+,12-/m0/s1. The molecular formula is C14H21NO4. The van der Waals surface area contributed by atoms with Crippen LogP contribution >= 0.6 is 0 Å². The third-order valence-corrected chi connectivity index (χ3v) is 4.36. The third-order valence-electron chi connectivity index (χ3n) is 4.36. The Morgan fingerprint density at radius 3 is 2.53 bits per heavy atom. The summed E-state index contributed by atoms with van der Waals surface area (Å²) in [6.07, 6.45) is 3.97. The first-order valence-corrected chi connectivity index (χ1v) is 6.66. The molecule has 0 aromatic heterocycles. The van der Waals surface area contributed by atoms with Crippen molar-refractivity contribution in [1.29, 1.82) is 0 Å². The van der Waals surface area contributed by atoms with Crippen LogP contribution in [0.1, 0.15) is 12.8 Å². The first-order chi connectivity index (χ1) is 9.13. The van der Waals surface area contributed by atoms with Crippen LogP contribution in [0.2, 0.25) is 0 Å². The van der Waals surface area contributed by atoms with Gasteiger partial charge in [0.15, 0.2) is 0 Å². The molecule has 0 radical (unpaired) electrons. The van der Waals surface area contributed by atoms with Gasteiger partial charge in [-0.1, -0.05) is 6.08 Å². The molecule has 0 unspecified atom stereocenters. The van der Waals surface area contributed by atoms with E-state index in [0.29, 0.717) is 6.54 Å². The van der Waals surface area contributed by atoms with Crippen molar-refractivity contribution in [2.45, 2.75) is 18.9 Å². The zero-order valence-electron chi connectivity index (χ0n) is 11.5. The van der Waals surface area contributed by atoms with Crippen molar-refractivity contribution in [3.05, 3.63) is 12.7 Å². The molecule has 106 valence electrons. The van der Waals surface area contributed by atoms with Gasteiger partial charge in [0.05, 0.1) is 26.1 Å². The fourth-order valence-corrected chi connectivity index (χ4v) is 3.50. The van der Waals surface area contributed by atoms with Crippen molar-refractivity contribution >= 4 is 11.9 Å². The number of carbonyl (C=O) groups is 2. The van der Waals surface area contributed by atoms with Gasteiger partial charge in [-0.05, 0) is 25.3 Å². The summed E-state index contributed by atoms with van der Waals surface area (Å²) < 4.78 is 9.73. The molecule has 4 atom stereocenters. The van der Waals surface area contributed by atoms with E-state index in [1.165, 1.54) is 14.2 Å². The molecule has 2 rings (SSSR count).